The van der Waals surface area contributed by atoms with Gasteiger partial charge in [0.15, 0.2) is 0 Å². The third-order valence-electron chi connectivity index (χ3n) is 2.78. The van der Waals surface area contributed by atoms with E-state index in [1.165, 1.54) is 17.5 Å². The summed E-state index contributed by atoms with van der Waals surface area (Å²) in [4.78, 5) is 0. The van der Waals surface area contributed by atoms with Gasteiger partial charge in [0.25, 0.3) is 0 Å². The number of benzene rings is 1. The Balaban J connectivity index is 0.000000606. The van der Waals surface area contributed by atoms with E-state index < -0.39 is 0 Å². The van der Waals surface area contributed by atoms with Crippen molar-refractivity contribution in [1.82, 2.24) is 0 Å². The van der Waals surface area contributed by atoms with Crippen LogP contribution in [0.2, 0.25) is 0 Å². The van der Waals surface area contributed by atoms with Crippen LogP contribution in [0.4, 0.5) is 0 Å². The molecule has 16 heavy (non-hydrogen) atoms. The first-order valence-corrected chi connectivity index (χ1v) is 6.33. The second kappa shape index (κ2) is 5.38. The summed E-state index contributed by atoms with van der Waals surface area (Å²) in [6.07, 6.45) is 2.32. The quantitative estimate of drug-likeness (QED) is 0.632. The number of hydrogen-bond acceptors (Lipinski definition) is 1. The summed E-state index contributed by atoms with van der Waals surface area (Å²) in [5.74, 6) is 1.10. The van der Waals surface area contributed by atoms with Crippen LogP contribution in [0.3, 0.4) is 0 Å². The SMILES string of the molecule is CC.CC(C)(C)c1ccc2c(c1)OCCC2. The van der Waals surface area contributed by atoms with Crippen LogP contribution in [-0.4, -0.2) is 6.61 Å². The fourth-order valence-corrected chi connectivity index (χ4v) is 1.81. The molecule has 0 atom stereocenters. The van der Waals surface area contributed by atoms with Gasteiger partial charge in [-0.3, -0.25) is 0 Å². The summed E-state index contributed by atoms with van der Waals surface area (Å²) < 4.78 is 5.66. The van der Waals surface area contributed by atoms with Gasteiger partial charge in [0.05, 0.1) is 6.61 Å². The van der Waals surface area contributed by atoms with Crippen LogP contribution in [0.1, 0.15) is 52.2 Å². The topological polar surface area (TPSA) is 9.23 Å². The van der Waals surface area contributed by atoms with Gasteiger partial charge in [-0.15, -0.1) is 0 Å². The van der Waals surface area contributed by atoms with Crippen molar-refractivity contribution in [1.29, 1.82) is 0 Å². The van der Waals surface area contributed by atoms with Gasteiger partial charge < -0.3 is 4.74 Å². The Labute approximate surface area is 99.8 Å². The predicted octanol–water partition coefficient (Wildman–Crippen LogP) is 4.34. The van der Waals surface area contributed by atoms with E-state index >= 15 is 0 Å². The minimum absolute atomic E-state index is 0.218. The Bertz CT molecular complexity index is 334. The molecule has 0 bridgehead atoms. The highest BCUT2D eigenvalue weighted by molar-refractivity contribution is 5.41. The highest BCUT2D eigenvalue weighted by Gasteiger charge is 2.17. The van der Waals surface area contributed by atoms with E-state index in [0.29, 0.717) is 0 Å². The maximum Gasteiger partial charge on any atom is 0.122 e. The van der Waals surface area contributed by atoms with Crippen molar-refractivity contribution in [3.63, 3.8) is 0 Å². The average Bonchev–Trinajstić information content (AvgIpc) is 2.30. The maximum atomic E-state index is 5.66. The Morgan fingerprint density at radius 1 is 1.12 bits per heavy atom. The van der Waals surface area contributed by atoms with Crippen LogP contribution in [0.15, 0.2) is 18.2 Å². The lowest BCUT2D eigenvalue weighted by Crippen LogP contribution is -2.14. The molecule has 0 radical (unpaired) electrons. The fourth-order valence-electron chi connectivity index (χ4n) is 1.81. The zero-order valence-electron chi connectivity index (χ0n) is 11.3. The largest absolute Gasteiger partial charge is 0.493 e. The molecule has 0 aromatic heterocycles. The molecule has 1 heteroatoms. The van der Waals surface area contributed by atoms with Gasteiger partial charge in [0, 0.05) is 0 Å². The zero-order valence-corrected chi connectivity index (χ0v) is 11.3. The van der Waals surface area contributed by atoms with Crippen molar-refractivity contribution in [2.24, 2.45) is 0 Å². The van der Waals surface area contributed by atoms with Crippen LogP contribution in [0.25, 0.3) is 0 Å². The number of fused-ring (bicyclic) bond motifs is 1. The molecule has 0 spiro atoms. The molecule has 1 nitrogen and oxygen atoms in total. The first kappa shape index (κ1) is 13.1. The van der Waals surface area contributed by atoms with E-state index in [4.69, 9.17) is 4.74 Å². The molecule has 1 heterocycles. The van der Waals surface area contributed by atoms with Crippen LogP contribution < -0.4 is 4.74 Å². The first-order chi connectivity index (χ1) is 7.57. The molecular formula is C15H24O. The van der Waals surface area contributed by atoms with Crippen molar-refractivity contribution >= 4 is 0 Å². The molecule has 0 saturated carbocycles. The van der Waals surface area contributed by atoms with Crippen molar-refractivity contribution in [3.8, 4) is 5.75 Å². The van der Waals surface area contributed by atoms with E-state index in [2.05, 4.69) is 39.0 Å². The Morgan fingerprint density at radius 3 is 2.44 bits per heavy atom. The zero-order chi connectivity index (χ0) is 12.2. The van der Waals surface area contributed by atoms with Gasteiger partial charge in [-0.1, -0.05) is 46.8 Å². The van der Waals surface area contributed by atoms with Crippen LogP contribution in [-0.2, 0) is 11.8 Å². The van der Waals surface area contributed by atoms with E-state index in [1.807, 2.05) is 13.8 Å². The van der Waals surface area contributed by atoms with Crippen LogP contribution in [0, 0.1) is 0 Å². The van der Waals surface area contributed by atoms with Crippen LogP contribution >= 0.6 is 0 Å². The second-order valence-electron chi connectivity index (χ2n) is 5.02. The summed E-state index contributed by atoms with van der Waals surface area (Å²) in [6, 6.07) is 6.65. The standard InChI is InChI=1S/C13H18O.C2H6/c1-13(2,3)11-7-6-10-5-4-8-14-12(10)9-11;1-2/h6-7,9H,4-5,8H2,1-3H3;1-2H3. The lowest BCUT2D eigenvalue weighted by molar-refractivity contribution is 0.287. The Kier molecular flexibility index (Phi) is 4.40. The van der Waals surface area contributed by atoms with Gasteiger partial charge >= 0.3 is 0 Å². The van der Waals surface area contributed by atoms with Gasteiger partial charge in [0.2, 0.25) is 0 Å². The summed E-state index contributed by atoms with van der Waals surface area (Å²) >= 11 is 0. The average molecular weight is 220 g/mol. The second-order valence-corrected chi connectivity index (χ2v) is 5.02. The maximum absolute atomic E-state index is 5.66. The highest BCUT2D eigenvalue weighted by Crippen LogP contribution is 2.31. The Hall–Kier alpha value is -0.980. The molecule has 2 rings (SSSR count). The molecule has 0 N–H and O–H groups in total. The first-order valence-electron chi connectivity index (χ1n) is 6.33. The molecule has 0 aliphatic carbocycles. The van der Waals surface area contributed by atoms with Crippen molar-refractivity contribution in [2.45, 2.75) is 52.9 Å². The third-order valence-corrected chi connectivity index (χ3v) is 2.78. The van der Waals surface area contributed by atoms with Gasteiger partial charge in [0.1, 0.15) is 5.75 Å². The predicted molar refractivity (Wildman–Crippen MR) is 70.3 cm³/mol. The smallest absolute Gasteiger partial charge is 0.122 e. The fraction of sp³-hybridized carbons (Fsp3) is 0.600. The normalized spacial score (nSPS) is 14.3. The lowest BCUT2D eigenvalue weighted by atomic mass is 9.86. The van der Waals surface area contributed by atoms with E-state index in [0.717, 1.165) is 18.8 Å². The monoisotopic (exact) mass is 220 g/mol. The van der Waals surface area contributed by atoms with Gasteiger partial charge in [-0.05, 0) is 35.4 Å². The molecule has 1 aromatic rings. The lowest BCUT2D eigenvalue weighted by Gasteiger charge is -2.23. The molecule has 0 unspecified atom stereocenters. The number of rotatable bonds is 0. The highest BCUT2D eigenvalue weighted by atomic mass is 16.5. The van der Waals surface area contributed by atoms with Gasteiger partial charge in [-0.2, -0.15) is 0 Å². The molecule has 1 aromatic carbocycles. The van der Waals surface area contributed by atoms with Crippen LogP contribution in [0.5, 0.6) is 5.75 Å². The molecule has 0 saturated heterocycles. The van der Waals surface area contributed by atoms with E-state index in [9.17, 15) is 0 Å². The minimum Gasteiger partial charge on any atom is -0.493 e. The molecule has 1 aliphatic heterocycles. The molecule has 90 valence electrons. The molecule has 0 fully saturated rings. The number of ether oxygens (including phenoxy) is 1. The van der Waals surface area contributed by atoms with E-state index in [-0.39, 0.29) is 5.41 Å². The van der Waals surface area contributed by atoms with Gasteiger partial charge in [-0.25, -0.2) is 0 Å². The third kappa shape index (κ3) is 3.01. The number of aryl methyl sites for hydroxylation is 1. The summed E-state index contributed by atoms with van der Waals surface area (Å²) in [5.41, 5.74) is 2.94. The number of hydrogen-bond donors (Lipinski definition) is 0. The summed E-state index contributed by atoms with van der Waals surface area (Å²) in [6.45, 7) is 11.6. The molecule has 1 aliphatic rings. The van der Waals surface area contributed by atoms with Crippen molar-refractivity contribution < 1.29 is 4.74 Å². The van der Waals surface area contributed by atoms with E-state index in [1.54, 1.807) is 0 Å². The minimum atomic E-state index is 0.218. The Morgan fingerprint density at radius 2 is 1.81 bits per heavy atom. The van der Waals surface area contributed by atoms with Crippen molar-refractivity contribution in [3.05, 3.63) is 29.3 Å². The summed E-state index contributed by atoms with van der Waals surface area (Å²) in [5, 5.41) is 0. The van der Waals surface area contributed by atoms with Crippen molar-refractivity contribution in [2.75, 3.05) is 6.61 Å². The molecular weight excluding hydrogens is 196 g/mol. The molecule has 0 amide bonds. The summed E-state index contributed by atoms with van der Waals surface area (Å²) in [7, 11) is 0.